The van der Waals surface area contributed by atoms with Gasteiger partial charge in [0.1, 0.15) is 0 Å². The van der Waals surface area contributed by atoms with Crippen LogP contribution >= 0.6 is 0 Å². The number of nitro benzene ring substituents is 1. The molecule has 1 aliphatic heterocycles. The monoisotopic (exact) mass is 390 g/mol. The van der Waals surface area contributed by atoms with Gasteiger partial charge in [-0.25, -0.2) is 4.68 Å². The van der Waals surface area contributed by atoms with E-state index in [1.54, 1.807) is 19.2 Å². The van der Waals surface area contributed by atoms with E-state index < -0.39 is 0 Å². The van der Waals surface area contributed by atoms with Crippen LogP contribution in [0.3, 0.4) is 0 Å². The summed E-state index contributed by atoms with van der Waals surface area (Å²) in [7, 11) is 1.67. The molecule has 0 aliphatic carbocycles. The molecule has 1 aromatic heterocycles. The molecule has 152 valence electrons. The second kappa shape index (κ2) is 9.07. The van der Waals surface area contributed by atoms with Crippen LogP contribution in [0.25, 0.3) is 0 Å². The Balaban J connectivity index is 1.68. The molecule has 0 saturated carbocycles. The number of nitrogens with zero attached hydrogens (tertiary/aromatic N) is 6. The molecule has 0 amide bonds. The van der Waals surface area contributed by atoms with E-state index in [9.17, 15) is 10.1 Å². The lowest BCUT2D eigenvalue weighted by Crippen LogP contribution is -3.15. The van der Waals surface area contributed by atoms with Gasteiger partial charge in [-0.2, -0.15) is 0 Å². The minimum Gasteiger partial charge on any atom is -0.383 e. The fraction of sp³-hybridized carbons (Fsp3) is 0.611. The fourth-order valence-electron chi connectivity index (χ4n) is 3.87. The number of tetrazole rings is 1. The molecular weight excluding hydrogens is 362 g/mol. The second-order valence-corrected chi connectivity index (χ2v) is 7.39. The van der Waals surface area contributed by atoms with Crippen molar-refractivity contribution in [3.05, 3.63) is 40.2 Å². The number of ether oxygens (including phenoxy) is 1. The standard InChI is InChI=1S/C18H27N7O3/c1-14(2)17(18-19-20-21-24(18)12-13-28-3)23-10-8-22(9-11-23)15-4-6-16(7-5-15)25(26)27/h4-7,14,17H,8-13H2,1-3H3/p+1/t17-/m0/s1. The molecule has 1 saturated heterocycles. The van der Waals surface area contributed by atoms with Gasteiger partial charge in [0.2, 0.25) is 5.82 Å². The van der Waals surface area contributed by atoms with Crippen molar-refractivity contribution in [3.63, 3.8) is 0 Å². The van der Waals surface area contributed by atoms with Crippen LogP contribution in [0.1, 0.15) is 25.7 Å². The highest BCUT2D eigenvalue weighted by molar-refractivity contribution is 5.51. The maximum atomic E-state index is 10.8. The van der Waals surface area contributed by atoms with Gasteiger partial charge in [0.05, 0.1) is 44.3 Å². The number of nitro groups is 1. The van der Waals surface area contributed by atoms with E-state index in [1.807, 2.05) is 16.8 Å². The number of piperazine rings is 1. The van der Waals surface area contributed by atoms with Crippen LogP contribution in [0.2, 0.25) is 0 Å². The van der Waals surface area contributed by atoms with Crippen LogP contribution in [-0.4, -0.2) is 65.0 Å². The summed E-state index contributed by atoms with van der Waals surface area (Å²) >= 11 is 0. The molecule has 2 heterocycles. The Morgan fingerprint density at radius 3 is 2.50 bits per heavy atom. The number of non-ortho nitro benzene ring substituents is 1. The van der Waals surface area contributed by atoms with Gasteiger partial charge in [-0.05, 0) is 22.6 Å². The van der Waals surface area contributed by atoms with Gasteiger partial charge < -0.3 is 14.5 Å². The maximum absolute atomic E-state index is 10.8. The first kappa shape index (κ1) is 20.2. The number of anilines is 1. The summed E-state index contributed by atoms with van der Waals surface area (Å²) in [5, 5.41) is 23.2. The van der Waals surface area contributed by atoms with Crippen LogP contribution in [0.15, 0.2) is 24.3 Å². The number of methoxy groups -OCH3 is 1. The van der Waals surface area contributed by atoms with Crippen LogP contribution < -0.4 is 9.80 Å². The summed E-state index contributed by atoms with van der Waals surface area (Å²) in [6.45, 7) is 9.31. The van der Waals surface area contributed by atoms with Gasteiger partial charge in [-0.15, -0.1) is 5.10 Å². The lowest BCUT2D eigenvalue weighted by atomic mass is 10.0. The maximum Gasteiger partial charge on any atom is 0.269 e. The first-order valence-electron chi connectivity index (χ1n) is 9.60. The van der Waals surface area contributed by atoms with Gasteiger partial charge in [-0.1, -0.05) is 13.8 Å². The molecule has 0 bridgehead atoms. The zero-order chi connectivity index (χ0) is 20.1. The molecule has 1 aromatic carbocycles. The largest absolute Gasteiger partial charge is 0.383 e. The van der Waals surface area contributed by atoms with E-state index in [0.717, 1.165) is 37.7 Å². The fourth-order valence-corrected chi connectivity index (χ4v) is 3.87. The summed E-state index contributed by atoms with van der Waals surface area (Å²) in [5.74, 6) is 1.30. The lowest BCUT2D eigenvalue weighted by Gasteiger charge is -2.38. The van der Waals surface area contributed by atoms with Gasteiger partial charge in [0, 0.05) is 30.8 Å². The Kier molecular flexibility index (Phi) is 6.53. The van der Waals surface area contributed by atoms with E-state index in [2.05, 4.69) is 34.3 Å². The number of hydrogen-bond donors (Lipinski definition) is 1. The average molecular weight is 390 g/mol. The zero-order valence-corrected chi connectivity index (χ0v) is 16.6. The van der Waals surface area contributed by atoms with Crippen molar-refractivity contribution >= 4 is 11.4 Å². The number of benzene rings is 1. The Labute approximate surface area is 164 Å². The van der Waals surface area contributed by atoms with Crippen LogP contribution in [0, 0.1) is 16.0 Å². The number of nitrogens with one attached hydrogen (secondary N) is 1. The number of rotatable bonds is 8. The molecular formula is C18H28N7O3+. The van der Waals surface area contributed by atoms with Gasteiger partial charge in [-0.3, -0.25) is 10.1 Å². The molecule has 2 aromatic rings. The average Bonchev–Trinajstić information content (AvgIpc) is 3.15. The molecule has 0 spiro atoms. The quantitative estimate of drug-likeness (QED) is 0.512. The van der Waals surface area contributed by atoms with Gasteiger partial charge >= 0.3 is 0 Å². The van der Waals surface area contributed by atoms with Crippen LogP contribution in [0.4, 0.5) is 11.4 Å². The summed E-state index contributed by atoms with van der Waals surface area (Å²) < 4.78 is 7.02. The number of aromatic nitrogens is 4. The summed E-state index contributed by atoms with van der Waals surface area (Å²) in [4.78, 5) is 14.2. The van der Waals surface area contributed by atoms with E-state index in [-0.39, 0.29) is 16.7 Å². The summed E-state index contributed by atoms with van der Waals surface area (Å²) in [6, 6.07) is 7.00. The highest BCUT2D eigenvalue weighted by atomic mass is 16.6. The van der Waals surface area contributed by atoms with Crippen LogP contribution in [0.5, 0.6) is 0 Å². The van der Waals surface area contributed by atoms with Gasteiger partial charge in [0.15, 0.2) is 6.04 Å². The third-order valence-electron chi connectivity index (χ3n) is 5.28. The molecule has 10 nitrogen and oxygen atoms in total. The first-order valence-corrected chi connectivity index (χ1v) is 9.60. The predicted octanol–water partition coefficient (Wildman–Crippen LogP) is 0.330. The van der Waals surface area contributed by atoms with E-state index >= 15 is 0 Å². The molecule has 10 heteroatoms. The Bertz CT molecular complexity index is 770. The topological polar surface area (TPSA) is 104 Å². The first-order chi connectivity index (χ1) is 13.5. The molecule has 1 N–H and O–H groups in total. The van der Waals surface area contributed by atoms with Crippen molar-refractivity contribution in [2.24, 2.45) is 5.92 Å². The van der Waals surface area contributed by atoms with E-state index in [0.29, 0.717) is 19.1 Å². The molecule has 1 atom stereocenters. The van der Waals surface area contributed by atoms with E-state index in [1.165, 1.54) is 4.90 Å². The Morgan fingerprint density at radius 1 is 1.25 bits per heavy atom. The summed E-state index contributed by atoms with van der Waals surface area (Å²) in [5.41, 5.74) is 1.14. The minimum absolute atomic E-state index is 0.121. The van der Waals surface area contributed by atoms with Crippen LogP contribution in [-0.2, 0) is 11.3 Å². The molecule has 0 radical (unpaired) electrons. The highest BCUT2D eigenvalue weighted by Gasteiger charge is 2.35. The zero-order valence-electron chi connectivity index (χ0n) is 16.6. The number of quaternary nitrogens is 1. The van der Waals surface area contributed by atoms with Crippen molar-refractivity contribution in [3.8, 4) is 0 Å². The van der Waals surface area contributed by atoms with Crippen molar-refractivity contribution < 1.29 is 14.6 Å². The lowest BCUT2D eigenvalue weighted by molar-refractivity contribution is -0.937. The minimum atomic E-state index is -0.368. The van der Waals surface area contributed by atoms with Crippen molar-refractivity contribution in [1.29, 1.82) is 0 Å². The third-order valence-corrected chi connectivity index (χ3v) is 5.28. The molecule has 3 rings (SSSR count). The predicted molar refractivity (Wildman–Crippen MR) is 103 cm³/mol. The van der Waals surface area contributed by atoms with Crippen molar-refractivity contribution in [1.82, 2.24) is 20.2 Å². The molecule has 1 aliphatic rings. The second-order valence-electron chi connectivity index (χ2n) is 7.39. The molecule has 0 unspecified atom stereocenters. The SMILES string of the molecule is COCCn1nnnc1[C@H](C(C)C)[NH+]1CCN(c2ccc([N+](=O)[O-])cc2)CC1. The normalized spacial score (nSPS) is 16.5. The van der Waals surface area contributed by atoms with Crippen molar-refractivity contribution in [2.45, 2.75) is 26.4 Å². The van der Waals surface area contributed by atoms with Crippen molar-refractivity contribution in [2.75, 3.05) is 44.8 Å². The molecule has 1 fully saturated rings. The smallest absolute Gasteiger partial charge is 0.269 e. The highest BCUT2D eigenvalue weighted by Crippen LogP contribution is 2.20. The summed E-state index contributed by atoms with van der Waals surface area (Å²) in [6.07, 6.45) is 0. The Hall–Kier alpha value is -2.59. The van der Waals surface area contributed by atoms with Gasteiger partial charge in [0.25, 0.3) is 5.69 Å². The number of hydrogen-bond acceptors (Lipinski definition) is 7. The van der Waals surface area contributed by atoms with E-state index in [4.69, 9.17) is 4.74 Å². The third kappa shape index (κ3) is 4.45. The molecule has 28 heavy (non-hydrogen) atoms. The Morgan fingerprint density at radius 2 is 1.93 bits per heavy atom.